The van der Waals surface area contributed by atoms with Crippen LogP contribution in [0.2, 0.25) is 0 Å². The zero-order valence-corrected chi connectivity index (χ0v) is 7.74. The number of benzene rings is 1. The summed E-state index contributed by atoms with van der Waals surface area (Å²) in [6.07, 6.45) is 0.460. The molecule has 2 atom stereocenters. The Labute approximate surface area is 82.1 Å². The third-order valence-corrected chi connectivity index (χ3v) is 2.54. The molecule has 1 aromatic rings. The molecule has 1 aliphatic rings. The maximum atomic E-state index is 12.8. The fourth-order valence-corrected chi connectivity index (χ4v) is 1.46. The van der Waals surface area contributed by atoms with E-state index in [4.69, 9.17) is 0 Å². The van der Waals surface area contributed by atoms with Crippen molar-refractivity contribution >= 4 is 5.91 Å². The average molecular weight is 193 g/mol. The van der Waals surface area contributed by atoms with Crippen molar-refractivity contribution in [3.63, 3.8) is 0 Å². The van der Waals surface area contributed by atoms with E-state index in [1.54, 1.807) is 24.3 Å². The van der Waals surface area contributed by atoms with E-state index >= 15 is 0 Å². The molecule has 14 heavy (non-hydrogen) atoms. The number of rotatable bonds is 2. The minimum Gasteiger partial charge on any atom is -0.346 e. The molecule has 0 spiro atoms. The second-order valence-electron chi connectivity index (χ2n) is 3.54. The molecular formula is C11H12FNO. The molecule has 0 bridgehead atoms. The second-order valence-corrected chi connectivity index (χ2v) is 3.54. The normalized spacial score (nSPS) is 25.2. The van der Waals surface area contributed by atoms with Crippen LogP contribution in [0.1, 0.15) is 23.2 Å². The summed E-state index contributed by atoms with van der Waals surface area (Å²) in [6.45, 7) is 0. The minimum absolute atomic E-state index is 0.182. The number of carbonyl (C=O) groups excluding carboxylic acids is 1. The van der Waals surface area contributed by atoms with Crippen LogP contribution in [-0.4, -0.2) is 18.1 Å². The number of alkyl halides is 1. The Morgan fingerprint density at radius 2 is 2.00 bits per heavy atom. The lowest BCUT2D eigenvalue weighted by atomic mass is 9.90. The molecule has 0 aromatic heterocycles. The lowest BCUT2D eigenvalue weighted by Gasteiger charge is -2.30. The van der Waals surface area contributed by atoms with E-state index in [2.05, 4.69) is 5.32 Å². The predicted molar refractivity (Wildman–Crippen MR) is 51.8 cm³/mol. The molecule has 2 rings (SSSR count). The Bertz CT molecular complexity index is 325. The molecule has 1 saturated carbocycles. The van der Waals surface area contributed by atoms with Gasteiger partial charge in [0.2, 0.25) is 0 Å². The van der Waals surface area contributed by atoms with Gasteiger partial charge in [-0.2, -0.15) is 0 Å². The van der Waals surface area contributed by atoms with E-state index in [-0.39, 0.29) is 11.9 Å². The fourth-order valence-electron chi connectivity index (χ4n) is 1.46. The number of amides is 1. The molecule has 0 aliphatic heterocycles. The Hall–Kier alpha value is -1.38. The molecule has 0 radical (unpaired) electrons. The van der Waals surface area contributed by atoms with Crippen LogP contribution in [0.5, 0.6) is 0 Å². The van der Waals surface area contributed by atoms with Gasteiger partial charge in [-0.25, -0.2) is 4.39 Å². The minimum atomic E-state index is -0.859. The van der Waals surface area contributed by atoms with Crippen LogP contribution in [0.25, 0.3) is 0 Å². The van der Waals surface area contributed by atoms with Crippen molar-refractivity contribution in [1.29, 1.82) is 0 Å². The third kappa shape index (κ3) is 1.76. The summed E-state index contributed by atoms with van der Waals surface area (Å²) < 4.78 is 12.8. The van der Waals surface area contributed by atoms with E-state index in [0.717, 1.165) is 6.42 Å². The monoisotopic (exact) mass is 193 g/mol. The molecule has 1 N–H and O–H groups in total. The van der Waals surface area contributed by atoms with Gasteiger partial charge in [0.15, 0.2) is 0 Å². The van der Waals surface area contributed by atoms with Gasteiger partial charge in [-0.15, -0.1) is 0 Å². The van der Waals surface area contributed by atoms with Gasteiger partial charge >= 0.3 is 0 Å². The number of carbonyl (C=O) groups is 1. The van der Waals surface area contributed by atoms with E-state index in [9.17, 15) is 9.18 Å². The first-order valence-corrected chi connectivity index (χ1v) is 4.77. The van der Waals surface area contributed by atoms with E-state index in [1.165, 1.54) is 0 Å². The van der Waals surface area contributed by atoms with Gasteiger partial charge in [0.05, 0.1) is 6.04 Å². The number of nitrogens with one attached hydrogen (secondary N) is 1. The van der Waals surface area contributed by atoms with Crippen molar-refractivity contribution in [3.8, 4) is 0 Å². The highest BCUT2D eigenvalue weighted by molar-refractivity contribution is 5.94. The lowest BCUT2D eigenvalue weighted by Crippen LogP contribution is -2.48. The zero-order chi connectivity index (χ0) is 9.97. The van der Waals surface area contributed by atoms with Crippen LogP contribution in [0.4, 0.5) is 4.39 Å². The van der Waals surface area contributed by atoms with E-state index in [0.29, 0.717) is 12.0 Å². The maximum absolute atomic E-state index is 12.8. The number of hydrogen-bond donors (Lipinski definition) is 1. The summed E-state index contributed by atoms with van der Waals surface area (Å²) in [6, 6.07) is 8.61. The van der Waals surface area contributed by atoms with Gasteiger partial charge in [0.1, 0.15) is 6.17 Å². The maximum Gasteiger partial charge on any atom is 0.251 e. The Balaban J connectivity index is 1.96. The van der Waals surface area contributed by atoms with Crippen LogP contribution in [0, 0.1) is 0 Å². The SMILES string of the molecule is O=C(N[C@H]1CC[C@H]1F)c1ccccc1. The standard InChI is InChI=1S/C11H12FNO/c12-9-6-7-10(9)13-11(14)8-4-2-1-3-5-8/h1-5,9-10H,6-7H2,(H,13,14)/t9-,10+/m1/s1. The smallest absolute Gasteiger partial charge is 0.251 e. The highest BCUT2D eigenvalue weighted by Gasteiger charge is 2.31. The number of halogens is 1. The van der Waals surface area contributed by atoms with Gasteiger partial charge < -0.3 is 5.32 Å². The highest BCUT2D eigenvalue weighted by Crippen LogP contribution is 2.23. The quantitative estimate of drug-likeness (QED) is 0.763. The van der Waals surface area contributed by atoms with Crippen LogP contribution in [-0.2, 0) is 0 Å². The molecule has 0 heterocycles. The van der Waals surface area contributed by atoms with Crippen molar-refractivity contribution in [3.05, 3.63) is 35.9 Å². The Morgan fingerprint density at radius 3 is 2.50 bits per heavy atom. The van der Waals surface area contributed by atoms with Gasteiger partial charge in [-0.05, 0) is 25.0 Å². The van der Waals surface area contributed by atoms with Gasteiger partial charge in [-0.1, -0.05) is 18.2 Å². The first kappa shape index (κ1) is 9.19. The first-order valence-electron chi connectivity index (χ1n) is 4.77. The highest BCUT2D eigenvalue weighted by atomic mass is 19.1. The van der Waals surface area contributed by atoms with Crippen LogP contribution >= 0.6 is 0 Å². The Morgan fingerprint density at radius 1 is 1.29 bits per heavy atom. The lowest BCUT2D eigenvalue weighted by molar-refractivity contribution is 0.0824. The number of hydrogen-bond acceptors (Lipinski definition) is 1. The summed E-state index contributed by atoms with van der Waals surface area (Å²) in [7, 11) is 0. The summed E-state index contributed by atoms with van der Waals surface area (Å²) >= 11 is 0. The molecule has 0 unspecified atom stereocenters. The molecular weight excluding hydrogens is 181 g/mol. The zero-order valence-electron chi connectivity index (χ0n) is 7.74. The van der Waals surface area contributed by atoms with Crippen molar-refractivity contribution in [1.82, 2.24) is 5.32 Å². The molecule has 2 nitrogen and oxygen atoms in total. The largest absolute Gasteiger partial charge is 0.346 e. The predicted octanol–water partition coefficient (Wildman–Crippen LogP) is 1.92. The molecule has 3 heteroatoms. The van der Waals surface area contributed by atoms with Crippen molar-refractivity contribution in [2.45, 2.75) is 25.1 Å². The topological polar surface area (TPSA) is 29.1 Å². The van der Waals surface area contributed by atoms with E-state index in [1.807, 2.05) is 6.07 Å². The molecule has 1 aromatic carbocycles. The molecule has 1 amide bonds. The molecule has 1 aliphatic carbocycles. The molecule has 1 fully saturated rings. The van der Waals surface area contributed by atoms with Gasteiger partial charge in [-0.3, -0.25) is 4.79 Å². The first-order chi connectivity index (χ1) is 6.77. The average Bonchev–Trinajstić information content (AvgIpc) is 2.24. The molecule has 74 valence electrons. The van der Waals surface area contributed by atoms with Crippen LogP contribution in [0.15, 0.2) is 30.3 Å². The van der Waals surface area contributed by atoms with Gasteiger partial charge in [0, 0.05) is 5.56 Å². The van der Waals surface area contributed by atoms with Gasteiger partial charge in [0.25, 0.3) is 5.91 Å². The molecule has 0 saturated heterocycles. The summed E-state index contributed by atoms with van der Waals surface area (Å²) in [5.41, 5.74) is 0.589. The third-order valence-electron chi connectivity index (χ3n) is 2.54. The Kier molecular flexibility index (Phi) is 2.48. The van der Waals surface area contributed by atoms with Crippen molar-refractivity contribution in [2.75, 3.05) is 0 Å². The second kappa shape index (κ2) is 3.78. The van der Waals surface area contributed by atoms with Crippen molar-refractivity contribution < 1.29 is 9.18 Å². The summed E-state index contributed by atoms with van der Waals surface area (Å²) in [4.78, 5) is 11.5. The summed E-state index contributed by atoms with van der Waals surface area (Å²) in [5, 5.41) is 2.67. The van der Waals surface area contributed by atoms with Crippen LogP contribution < -0.4 is 5.32 Å². The fraction of sp³-hybridized carbons (Fsp3) is 0.364. The van der Waals surface area contributed by atoms with E-state index < -0.39 is 6.17 Å². The van der Waals surface area contributed by atoms with Crippen molar-refractivity contribution in [2.24, 2.45) is 0 Å². The van der Waals surface area contributed by atoms with Crippen LogP contribution in [0.3, 0.4) is 0 Å². The summed E-state index contributed by atoms with van der Waals surface area (Å²) in [5.74, 6) is -0.182.